The van der Waals surface area contributed by atoms with Gasteiger partial charge in [0, 0.05) is 17.8 Å². The van der Waals surface area contributed by atoms with E-state index in [0.29, 0.717) is 13.1 Å². The van der Waals surface area contributed by atoms with E-state index in [1.165, 1.54) is 11.9 Å². The fourth-order valence-corrected chi connectivity index (χ4v) is 4.35. The molecule has 0 aromatic rings. The van der Waals surface area contributed by atoms with Crippen LogP contribution in [0, 0.1) is 0 Å². The number of carbonyl (C=O) groups excluding carboxylic acids is 1. The summed E-state index contributed by atoms with van der Waals surface area (Å²) in [4.78, 5) is 13.8. The maximum absolute atomic E-state index is 12.1. The average molecular weight is 351 g/mol. The van der Waals surface area contributed by atoms with Gasteiger partial charge in [-0.1, -0.05) is 4.13 Å². The molecule has 1 fully saturated rings. The van der Waals surface area contributed by atoms with Crippen LogP contribution in [0.4, 0.5) is 4.79 Å². The van der Waals surface area contributed by atoms with E-state index in [2.05, 4.69) is 11.1 Å². The largest absolute Gasteiger partial charge is 0.597 e. The van der Waals surface area contributed by atoms with E-state index < -0.39 is 17.0 Å². The topological polar surface area (TPSA) is 64.6 Å². The second kappa shape index (κ2) is 7.20. The minimum Gasteiger partial charge on any atom is -0.597 e. The van der Waals surface area contributed by atoms with E-state index in [1.807, 2.05) is 41.5 Å². The molecule has 1 heterocycles. The zero-order chi connectivity index (χ0) is 17.2. The fourth-order valence-electron chi connectivity index (χ4n) is 1.85. The molecule has 1 rings (SSSR count). The Morgan fingerprint density at radius 3 is 2.14 bits per heavy atom. The normalized spacial score (nSPS) is 20.6. The molecule has 0 bridgehead atoms. The molecular formula is C15H30N2O3S2. The van der Waals surface area contributed by atoms with E-state index in [0.717, 1.165) is 12.8 Å². The zero-order valence-corrected chi connectivity index (χ0v) is 16.4. The number of likely N-dealkylation sites (tertiary alicyclic amines) is 1. The van der Waals surface area contributed by atoms with Crippen LogP contribution in [0.5, 0.6) is 0 Å². The summed E-state index contributed by atoms with van der Waals surface area (Å²) in [7, 11) is 0. The number of piperidine rings is 1. The van der Waals surface area contributed by atoms with Crippen LogP contribution in [-0.4, -0.2) is 43.7 Å². The molecule has 0 aromatic carbocycles. The number of hydrogen-bond donors (Lipinski definition) is 1. The van der Waals surface area contributed by atoms with Gasteiger partial charge >= 0.3 is 6.09 Å². The molecule has 1 aliphatic rings. The Labute approximate surface area is 142 Å². The summed E-state index contributed by atoms with van der Waals surface area (Å²) in [5, 5.41) is 0. The molecule has 0 spiro atoms. The summed E-state index contributed by atoms with van der Waals surface area (Å²) in [6, 6.07) is 0. The van der Waals surface area contributed by atoms with Gasteiger partial charge in [-0.15, -0.1) is 0 Å². The Morgan fingerprint density at radius 2 is 1.73 bits per heavy atom. The lowest BCUT2D eigenvalue weighted by atomic mass is 9.98. The Bertz CT molecular complexity index is 383. The fraction of sp³-hybridized carbons (Fsp3) is 0.933. The van der Waals surface area contributed by atoms with Gasteiger partial charge in [-0.2, -0.15) is 0 Å². The van der Waals surface area contributed by atoms with Crippen molar-refractivity contribution in [1.82, 2.24) is 9.03 Å². The first-order chi connectivity index (χ1) is 9.82. The van der Waals surface area contributed by atoms with Crippen LogP contribution < -0.4 is 4.13 Å². The van der Waals surface area contributed by atoms with E-state index in [1.54, 1.807) is 4.90 Å². The van der Waals surface area contributed by atoms with Crippen LogP contribution in [0.3, 0.4) is 0 Å². The molecule has 5 nitrogen and oxygen atoms in total. The van der Waals surface area contributed by atoms with Gasteiger partial charge in [0.05, 0.1) is 11.4 Å². The Kier molecular flexibility index (Phi) is 6.52. The van der Waals surface area contributed by atoms with Crippen molar-refractivity contribution in [3.05, 3.63) is 0 Å². The molecule has 0 saturated carbocycles. The van der Waals surface area contributed by atoms with Gasteiger partial charge in [-0.05, 0) is 73.3 Å². The first-order valence-electron chi connectivity index (χ1n) is 7.66. The van der Waals surface area contributed by atoms with Crippen molar-refractivity contribution in [1.29, 1.82) is 0 Å². The van der Waals surface area contributed by atoms with E-state index >= 15 is 0 Å². The number of hydrogen-bond acceptors (Lipinski definition) is 5. The predicted octanol–water partition coefficient (Wildman–Crippen LogP) is 3.48. The lowest BCUT2D eigenvalue weighted by Gasteiger charge is -2.39. The molecule has 0 radical (unpaired) electrons. The summed E-state index contributed by atoms with van der Waals surface area (Å²) in [5.74, 6) is 0. The van der Waals surface area contributed by atoms with Crippen LogP contribution in [0.25, 0.3) is 0 Å². The van der Waals surface area contributed by atoms with Crippen molar-refractivity contribution in [3.8, 4) is 0 Å². The second-order valence-corrected chi connectivity index (χ2v) is 11.6. The highest BCUT2D eigenvalue weighted by molar-refractivity contribution is 8.10. The number of amides is 1. The molecule has 1 aliphatic heterocycles. The van der Waals surface area contributed by atoms with Gasteiger partial charge in [0.25, 0.3) is 0 Å². The van der Waals surface area contributed by atoms with Crippen LogP contribution in [0.15, 0.2) is 0 Å². The SMILES string of the molecule is CC(C)(C)OC(=O)N1CCC(C)(SN[S+]([O-])C(C)(C)C)CC1. The van der Waals surface area contributed by atoms with Gasteiger partial charge < -0.3 is 14.2 Å². The number of nitrogens with one attached hydrogen (secondary N) is 1. The Balaban J connectivity index is 2.45. The minimum atomic E-state index is -1.09. The van der Waals surface area contributed by atoms with Crippen LogP contribution in [-0.2, 0) is 16.1 Å². The van der Waals surface area contributed by atoms with Crippen molar-refractivity contribution >= 4 is 29.4 Å². The highest BCUT2D eigenvalue weighted by atomic mass is 32.3. The van der Waals surface area contributed by atoms with Gasteiger partial charge in [-0.25, -0.2) is 4.79 Å². The Morgan fingerprint density at radius 1 is 1.23 bits per heavy atom. The predicted molar refractivity (Wildman–Crippen MR) is 94.1 cm³/mol. The monoisotopic (exact) mass is 350 g/mol. The molecule has 0 aromatic heterocycles. The highest BCUT2D eigenvalue weighted by Gasteiger charge is 2.37. The molecule has 22 heavy (non-hydrogen) atoms. The molecule has 130 valence electrons. The maximum atomic E-state index is 12.1. The molecule has 1 amide bonds. The van der Waals surface area contributed by atoms with Gasteiger partial charge in [0.15, 0.2) is 0 Å². The Hall–Kier alpha value is -0.110. The van der Waals surface area contributed by atoms with Gasteiger partial charge in [0.1, 0.15) is 10.3 Å². The lowest BCUT2D eigenvalue weighted by molar-refractivity contribution is 0.0201. The third-order valence-electron chi connectivity index (χ3n) is 3.39. The molecule has 7 heteroatoms. The molecule has 1 N–H and O–H groups in total. The molecule has 1 saturated heterocycles. The third kappa shape index (κ3) is 6.56. The van der Waals surface area contributed by atoms with E-state index in [-0.39, 0.29) is 15.6 Å². The lowest BCUT2D eigenvalue weighted by Crippen LogP contribution is -2.47. The van der Waals surface area contributed by atoms with Crippen molar-refractivity contribution in [2.45, 2.75) is 76.4 Å². The second-order valence-electron chi connectivity index (χ2n) is 7.98. The molecule has 0 aliphatic carbocycles. The van der Waals surface area contributed by atoms with Crippen molar-refractivity contribution in [2.24, 2.45) is 0 Å². The minimum absolute atomic E-state index is 0.0145. The van der Waals surface area contributed by atoms with Crippen molar-refractivity contribution in [2.75, 3.05) is 13.1 Å². The summed E-state index contributed by atoms with van der Waals surface area (Å²) in [6.45, 7) is 15.0. The smallest absolute Gasteiger partial charge is 0.410 e. The van der Waals surface area contributed by atoms with Crippen molar-refractivity contribution in [3.63, 3.8) is 0 Å². The third-order valence-corrected chi connectivity index (χ3v) is 6.35. The summed E-state index contributed by atoms with van der Waals surface area (Å²) in [5.41, 5.74) is -0.461. The first-order valence-corrected chi connectivity index (χ1v) is 9.63. The number of ether oxygens (including phenoxy) is 1. The standard InChI is InChI=1S/C15H30N2O3S2/c1-13(2,3)20-12(18)17-10-8-15(7,9-11-17)21-16-22(19)14(4,5)6/h16H,8-11H2,1-7H3. The zero-order valence-electron chi connectivity index (χ0n) is 14.8. The van der Waals surface area contributed by atoms with E-state index in [9.17, 15) is 9.35 Å². The maximum Gasteiger partial charge on any atom is 0.410 e. The summed E-state index contributed by atoms with van der Waals surface area (Å²) in [6.07, 6.45) is 1.46. The van der Waals surface area contributed by atoms with Crippen molar-refractivity contribution < 1.29 is 14.1 Å². The molecular weight excluding hydrogens is 320 g/mol. The number of rotatable bonds is 3. The quantitative estimate of drug-likeness (QED) is 0.623. The van der Waals surface area contributed by atoms with Crippen LogP contribution in [0.1, 0.15) is 61.3 Å². The summed E-state index contributed by atoms with van der Waals surface area (Å²) < 4.78 is 20.3. The number of carbonyl (C=O) groups is 1. The van der Waals surface area contributed by atoms with Gasteiger partial charge in [0.2, 0.25) is 0 Å². The average Bonchev–Trinajstić information content (AvgIpc) is 2.33. The summed E-state index contributed by atoms with van der Waals surface area (Å²) >= 11 is 0.445. The van der Waals surface area contributed by atoms with Gasteiger partial charge in [-0.3, -0.25) is 0 Å². The van der Waals surface area contributed by atoms with Crippen LogP contribution in [0.2, 0.25) is 0 Å². The highest BCUT2D eigenvalue weighted by Crippen LogP contribution is 2.35. The molecule has 1 unspecified atom stereocenters. The van der Waals surface area contributed by atoms with Crippen LogP contribution >= 0.6 is 11.9 Å². The first kappa shape index (κ1) is 19.9. The van der Waals surface area contributed by atoms with E-state index in [4.69, 9.17) is 4.74 Å². The molecule has 1 atom stereocenters. The number of nitrogens with zero attached hydrogens (tertiary/aromatic N) is 1.